The number of anilines is 1. The van der Waals surface area contributed by atoms with Gasteiger partial charge in [0.15, 0.2) is 0 Å². The summed E-state index contributed by atoms with van der Waals surface area (Å²) in [4.78, 5) is 25.9. The minimum atomic E-state index is -0.147. The fourth-order valence-corrected chi connectivity index (χ4v) is 3.64. The van der Waals surface area contributed by atoms with Crippen molar-refractivity contribution >= 4 is 33.4 Å². The van der Waals surface area contributed by atoms with Crippen LogP contribution in [-0.4, -0.2) is 11.8 Å². The van der Waals surface area contributed by atoms with Crippen molar-refractivity contribution in [2.45, 2.75) is 20.8 Å². The molecular weight excluding hydrogens is 294 g/mol. The van der Waals surface area contributed by atoms with Gasteiger partial charge in [0, 0.05) is 4.47 Å². The first-order valence-electron chi connectivity index (χ1n) is 5.99. The number of hydrogen-bond donors (Lipinski definition) is 0. The molecule has 3 rings (SSSR count). The highest BCUT2D eigenvalue weighted by Gasteiger charge is 2.72. The molecule has 0 radical (unpaired) electrons. The van der Waals surface area contributed by atoms with E-state index in [-0.39, 0.29) is 29.1 Å². The monoisotopic (exact) mass is 307 g/mol. The largest absolute Gasteiger partial charge is 0.274 e. The van der Waals surface area contributed by atoms with Gasteiger partial charge in [-0.25, -0.2) is 4.90 Å². The van der Waals surface area contributed by atoms with E-state index in [1.807, 2.05) is 39.0 Å². The van der Waals surface area contributed by atoms with Crippen LogP contribution in [0.25, 0.3) is 0 Å². The average molecular weight is 308 g/mol. The molecule has 0 bridgehead atoms. The van der Waals surface area contributed by atoms with Gasteiger partial charge in [-0.2, -0.15) is 0 Å². The third kappa shape index (κ3) is 1.41. The number of imide groups is 1. The maximum atomic E-state index is 12.3. The van der Waals surface area contributed by atoms with Crippen LogP contribution < -0.4 is 4.90 Å². The Morgan fingerprint density at radius 1 is 1.11 bits per heavy atom. The predicted molar refractivity (Wildman–Crippen MR) is 72.1 cm³/mol. The van der Waals surface area contributed by atoms with E-state index in [1.54, 1.807) is 0 Å². The normalized spacial score (nSPS) is 28.6. The predicted octanol–water partition coefficient (Wildman–Crippen LogP) is 2.90. The van der Waals surface area contributed by atoms with Gasteiger partial charge in [0.25, 0.3) is 0 Å². The van der Waals surface area contributed by atoms with Crippen molar-refractivity contribution in [2.75, 3.05) is 4.90 Å². The van der Waals surface area contributed by atoms with Gasteiger partial charge in [-0.05, 0) is 36.1 Å². The molecule has 1 heterocycles. The van der Waals surface area contributed by atoms with Gasteiger partial charge < -0.3 is 0 Å². The summed E-state index contributed by atoms with van der Waals surface area (Å²) >= 11 is 3.40. The number of carbonyl (C=O) groups is 2. The first-order chi connectivity index (χ1) is 8.34. The van der Waals surface area contributed by atoms with Crippen molar-refractivity contribution in [3.63, 3.8) is 0 Å². The minimum absolute atomic E-state index is 0.0486. The zero-order chi connectivity index (χ0) is 13.2. The smallest absolute Gasteiger partial charge is 0.238 e. The maximum absolute atomic E-state index is 12.3. The van der Waals surface area contributed by atoms with Crippen LogP contribution in [0.3, 0.4) is 0 Å². The first-order valence-corrected chi connectivity index (χ1v) is 6.78. The van der Waals surface area contributed by atoms with Crippen molar-refractivity contribution in [2.24, 2.45) is 17.3 Å². The molecule has 3 nitrogen and oxygen atoms in total. The Balaban J connectivity index is 2.01. The topological polar surface area (TPSA) is 37.4 Å². The molecule has 0 N–H and O–H groups in total. The van der Waals surface area contributed by atoms with Gasteiger partial charge in [0.2, 0.25) is 11.8 Å². The van der Waals surface area contributed by atoms with Gasteiger partial charge in [-0.15, -0.1) is 0 Å². The number of rotatable bonds is 1. The lowest BCUT2D eigenvalue weighted by Crippen LogP contribution is -2.36. The molecule has 4 heteroatoms. The van der Waals surface area contributed by atoms with Gasteiger partial charge in [0.05, 0.1) is 17.5 Å². The molecule has 1 aromatic rings. The minimum Gasteiger partial charge on any atom is -0.274 e. The number of benzene rings is 1. The van der Waals surface area contributed by atoms with Crippen LogP contribution in [0.15, 0.2) is 22.7 Å². The molecule has 0 spiro atoms. The van der Waals surface area contributed by atoms with Gasteiger partial charge in [0.1, 0.15) is 0 Å². The van der Waals surface area contributed by atoms with Crippen molar-refractivity contribution in [1.29, 1.82) is 0 Å². The Morgan fingerprint density at radius 2 is 1.67 bits per heavy atom. The van der Waals surface area contributed by atoms with E-state index in [0.29, 0.717) is 5.69 Å². The molecule has 2 aliphatic rings. The number of aryl methyl sites for hydroxylation is 1. The first kappa shape index (κ1) is 11.9. The zero-order valence-corrected chi connectivity index (χ0v) is 12.1. The highest BCUT2D eigenvalue weighted by atomic mass is 79.9. The zero-order valence-electron chi connectivity index (χ0n) is 10.5. The summed E-state index contributed by atoms with van der Waals surface area (Å²) in [5.41, 5.74) is 1.56. The molecule has 2 fully saturated rings. The number of amides is 2. The van der Waals surface area contributed by atoms with E-state index in [4.69, 9.17) is 0 Å². The lowest BCUT2D eigenvalue weighted by Gasteiger charge is -2.21. The maximum Gasteiger partial charge on any atom is 0.238 e. The summed E-state index contributed by atoms with van der Waals surface area (Å²) in [5.74, 6) is -0.339. The highest BCUT2D eigenvalue weighted by Crippen LogP contribution is 2.63. The van der Waals surface area contributed by atoms with Crippen molar-refractivity contribution in [3.05, 3.63) is 28.2 Å². The van der Waals surface area contributed by atoms with Crippen LogP contribution in [0.1, 0.15) is 19.4 Å². The molecule has 2 amide bonds. The summed E-state index contributed by atoms with van der Waals surface area (Å²) in [6.07, 6.45) is 0. The van der Waals surface area contributed by atoms with Crippen LogP contribution in [0.5, 0.6) is 0 Å². The van der Waals surface area contributed by atoms with Gasteiger partial charge in [-0.1, -0.05) is 29.8 Å². The molecular formula is C14H14BrNO2. The molecule has 1 aliphatic heterocycles. The molecule has 94 valence electrons. The molecule has 18 heavy (non-hydrogen) atoms. The van der Waals surface area contributed by atoms with Gasteiger partial charge >= 0.3 is 0 Å². The van der Waals surface area contributed by atoms with Crippen LogP contribution in [0.4, 0.5) is 5.69 Å². The SMILES string of the molecule is Cc1cc(Br)cc(N2C(=O)C3C(C2=O)C3(C)C)c1. The van der Waals surface area contributed by atoms with E-state index < -0.39 is 0 Å². The molecule has 2 atom stereocenters. The van der Waals surface area contributed by atoms with E-state index >= 15 is 0 Å². The fourth-order valence-electron chi connectivity index (χ4n) is 3.05. The Bertz CT molecular complexity index is 535. The summed E-state index contributed by atoms with van der Waals surface area (Å²) in [5, 5.41) is 0. The number of carbonyl (C=O) groups excluding carboxylic acids is 2. The third-order valence-electron chi connectivity index (χ3n) is 4.09. The number of piperidine rings is 1. The highest BCUT2D eigenvalue weighted by molar-refractivity contribution is 9.10. The number of nitrogens with zero attached hydrogens (tertiary/aromatic N) is 1. The number of fused-ring (bicyclic) bond motifs is 1. The molecule has 1 saturated carbocycles. The Kier molecular flexibility index (Phi) is 2.28. The Labute approximate surface area is 114 Å². The summed E-state index contributed by atoms with van der Waals surface area (Å²) in [7, 11) is 0. The molecule has 1 aliphatic carbocycles. The molecule has 1 saturated heterocycles. The van der Waals surface area contributed by atoms with E-state index in [2.05, 4.69) is 15.9 Å². The van der Waals surface area contributed by atoms with Crippen molar-refractivity contribution in [1.82, 2.24) is 0 Å². The summed E-state index contributed by atoms with van der Waals surface area (Å²) in [6.45, 7) is 5.92. The second-order valence-electron chi connectivity index (χ2n) is 5.78. The number of halogens is 1. The van der Waals surface area contributed by atoms with Crippen LogP contribution >= 0.6 is 15.9 Å². The lowest BCUT2D eigenvalue weighted by atomic mass is 10.0. The lowest BCUT2D eigenvalue weighted by molar-refractivity contribution is -0.125. The van der Waals surface area contributed by atoms with E-state index in [9.17, 15) is 9.59 Å². The second-order valence-corrected chi connectivity index (χ2v) is 6.69. The Morgan fingerprint density at radius 3 is 2.17 bits per heavy atom. The second kappa shape index (κ2) is 3.44. The fraction of sp³-hybridized carbons (Fsp3) is 0.429. The summed E-state index contributed by atoms with van der Waals surface area (Å²) in [6, 6.07) is 5.65. The van der Waals surface area contributed by atoms with E-state index in [1.165, 1.54) is 4.90 Å². The molecule has 1 aromatic carbocycles. The standard InChI is InChI=1S/C14H14BrNO2/c1-7-4-8(15)6-9(5-7)16-12(17)10-11(13(16)18)14(10,2)3/h4-6,10-11H,1-3H3. The molecule has 0 aromatic heterocycles. The van der Waals surface area contributed by atoms with Crippen LogP contribution in [0.2, 0.25) is 0 Å². The van der Waals surface area contributed by atoms with Crippen LogP contribution in [-0.2, 0) is 9.59 Å². The van der Waals surface area contributed by atoms with Crippen molar-refractivity contribution in [3.8, 4) is 0 Å². The summed E-state index contributed by atoms with van der Waals surface area (Å²) < 4.78 is 0.887. The van der Waals surface area contributed by atoms with Crippen LogP contribution in [0, 0.1) is 24.2 Å². The molecule has 2 unspecified atom stereocenters. The average Bonchev–Trinajstić information content (AvgIpc) is 2.67. The number of hydrogen-bond acceptors (Lipinski definition) is 2. The quantitative estimate of drug-likeness (QED) is 0.748. The van der Waals surface area contributed by atoms with Gasteiger partial charge in [-0.3, -0.25) is 9.59 Å². The third-order valence-corrected chi connectivity index (χ3v) is 4.54. The van der Waals surface area contributed by atoms with E-state index in [0.717, 1.165) is 10.0 Å². The van der Waals surface area contributed by atoms with Crippen molar-refractivity contribution < 1.29 is 9.59 Å². The Hall–Kier alpha value is -1.16.